The number of carbonyl (C=O) groups is 2. The van der Waals surface area contributed by atoms with E-state index in [9.17, 15) is 9.59 Å². The minimum atomic E-state index is -0.263. The fraction of sp³-hybridized carbons (Fsp3) is 0.214. The highest BCUT2D eigenvalue weighted by Crippen LogP contribution is 2.63. The molecule has 3 nitrogen and oxygen atoms in total. The van der Waals surface area contributed by atoms with E-state index in [1.807, 2.05) is 43.3 Å². The molecule has 2 amide bonds. The molecule has 2 fully saturated rings. The Labute approximate surface area is 182 Å². The van der Waals surface area contributed by atoms with Crippen LogP contribution in [0.5, 0.6) is 0 Å². The van der Waals surface area contributed by atoms with Gasteiger partial charge in [0.25, 0.3) is 0 Å². The van der Waals surface area contributed by atoms with Gasteiger partial charge in [-0.1, -0.05) is 78.4 Å². The molecule has 3 aromatic carbocycles. The van der Waals surface area contributed by atoms with Crippen molar-refractivity contribution in [1.29, 1.82) is 0 Å². The van der Waals surface area contributed by atoms with Gasteiger partial charge in [-0.05, 0) is 59.6 Å². The van der Waals surface area contributed by atoms with Crippen LogP contribution >= 0.6 is 0 Å². The molecule has 6 rings (SSSR count). The largest absolute Gasteiger partial charge is 0.274 e. The van der Waals surface area contributed by atoms with Crippen molar-refractivity contribution >= 4 is 28.6 Å². The molecule has 1 heterocycles. The first-order chi connectivity index (χ1) is 15.1. The molecule has 152 valence electrons. The predicted octanol–water partition coefficient (Wildman–Crippen LogP) is 5.36. The summed E-state index contributed by atoms with van der Waals surface area (Å²) < 4.78 is 0. The van der Waals surface area contributed by atoms with E-state index in [-0.39, 0.29) is 35.5 Å². The summed E-state index contributed by atoms with van der Waals surface area (Å²) in [7, 11) is 0. The maximum absolute atomic E-state index is 13.6. The van der Waals surface area contributed by atoms with Gasteiger partial charge < -0.3 is 0 Å². The number of hydrogen-bond donors (Lipinski definition) is 0. The van der Waals surface area contributed by atoms with Crippen LogP contribution in [0.25, 0.3) is 11.1 Å². The molecular weight excluding hydrogens is 382 g/mol. The zero-order chi connectivity index (χ0) is 21.1. The van der Waals surface area contributed by atoms with Crippen LogP contribution in [0.1, 0.15) is 23.1 Å². The molecule has 0 radical (unpaired) electrons. The van der Waals surface area contributed by atoms with E-state index in [2.05, 4.69) is 48.5 Å². The van der Waals surface area contributed by atoms with Gasteiger partial charge in [0.1, 0.15) is 0 Å². The molecule has 1 aliphatic heterocycles. The van der Waals surface area contributed by atoms with Crippen molar-refractivity contribution in [1.82, 2.24) is 0 Å². The monoisotopic (exact) mass is 405 g/mol. The number of amides is 2. The number of aryl methyl sites for hydroxylation is 1. The van der Waals surface area contributed by atoms with Crippen molar-refractivity contribution in [2.75, 3.05) is 4.90 Å². The lowest BCUT2D eigenvalue weighted by molar-refractivity contribution is -0.123. The lowest BCUT2D eigenvalue weighted by Crippen LogP contribution is -2.32. The first-order valence-corrected chi connectivity index (χ1v) is 10.9. The van der Waals surface area contributed by atoms with Crippen molar-refractivity contribution in [3.05, 3.63) is 102 Å². The van der Waals surface area contributed by atoms with E-state index in [1.54, 1.807) is 0 Å². The Kier molecular flexibility index (Phi) is 4.01. The van der Waals surface area contributed by atoms with Crippen molar-refractivity contribution in [3.63, 3.8) is 0 Å². The average Bonchev–Trinajstić information content (AvgIpc) is 3.45. The second-order valence-electron chi connectivity index (χ2n) is 8.91. The third-order valence-electron chi connectivity index (χ3n) is 7.27. The molecule has 0 spiro atoms. The lowest BCUT2D eigenvalue weighted by Gasteiger charge is -2.27. The van der Waals surface area contributed by atoms with E-state index >= 15 is 0 Å². The molecule has 31 heavy (non-hydrogen) atoms. The van der Waals surface area contributed by atoms with Crippen LogP contribution in [-0.2, 0) is 9.59 Å². The van der Waals surface area contributed by atoms with Crippen molar-refractivity contribution < 1.29 is 9.59 Å². The molecule has 0 N–H and O–H groups in total. The number of imide groups is 1. The van der Waals surface area contributed by atoms with Gasteiger partial charge in [0.2, 0.25) is 11.8 Å². The quantitative estimate of drug-likeness (QED) is 0.550. The molecule has 4 atom stereocenters. The maximum Gasteiger partial charge on any atom is 0.238 e. The SMILES string of the molecule is Cc1ccc(N2C(=O)[C@@H]3[C@@H](C2=O)[C@@H]2C[C@@H]3C(c3ccccc3)=C2c2ccccc2)cc1. The highest BCUT2D eigenvalue weighted by molar-refractivity contribution is 6.24. The molecule has 0 unspecified atom stereocenters. The van der Waals surface area contributed by atoms with Gasteiger partial charge in [0.05, 0.1) is 17.5 Å². The minimum Gasteiger partial charge on any atom is -0.274 e. The first kappa shape index (κ1) is 18.3. The molecule has 3 aromatic rings. The zero-order valence-corrected chi connectivity index (χ0v) is 17.4. The Morgan fingerprint density at radius 2 is 1.10 bits per heavy atom. The van der Waals surface area contributed by atoms with E-state index in [1.165, 1.54) is 27.2 Å². The maximum atomic E-state index is 13.6. The number of nitrogens with zero attached hydrogens (tertiary/aromatic N) is 1. The number of fused-ring (bicyclic) bond motifs is 5. The van der Waals surface area contributed by atoms with Crippen LogP contribution in [0.2, 0.25) is 0 Å². The molecule has 3 heteroatoms. The highest BCUT2D eigenvalue weighted by atomic mass is 16.2. The highest BCUT2D eigenvalue weighted by Gasteiger charge is 2.64. The van der Waals surface area contributed by atoms with Crippen LogP contribution in [0.15, 0.2) is 84.9 Å². The topological polar surface area (TPSA) is 37.4 Å². The van der Waals surface area contributed by atoms with Gasteiger partial charge in [0.15, 0.2) is 0 Å². The summed E-state index contributed by atoms with van der Waals surface area (Å²) in [4.78, 5) is 28.6. The van der Waals surface area contributed by atoms with E-state index in [0.717, 1.165) is 12.0 Å². The van der Waals surface area contributed by atoms with Gasteiger partial charge in [0, 0.05) is 0 Å². The van der Waals surface area contributed by atoms with Crippen LogP contribution in [0.4, 0.5) is 5.69 Å². The van der Waals surface area contributed by atoms with Crippen LogP contribution in [0, 0.1) is 30.6 Å². The lowest BCUT2D eigenvalue weighted by atomic mass is 9.73. The number of allylic oxidation sites excluding steroid dienone is 2. The number of carbonyl (C=O) groups excluding carboxylic acids is 2. The average molecular weight is 405 g/mol. The van der Waals surface area contributed by atoms with Gasteiger partial charge in [-0.3, -0.25) is 14.5 Å². The Bertz CT molecular complexity index is 1140. The summed E-state index contributed by atoms with van der Waals surface area (Å²) in [5, 5.41) is 0. The molecule has 2 aliphatic carbocycles. The summed E-state index contributed by atoms with van der Waals surface area (Å²) in [5.74, 6) is -0.430. The second kappa shape index (κ2) is 6.78. The summed E-state index contributed by atoms with van der Waals surface area (Å²) >= 11 is 0. The molecule has 2 bridgehead atoms. The standard InChI is InChI=1S/C28H23NO2/c1-17-12-14-20(15-13-17)29-27(30)25-21-16-22(26(25)28(29)31)24(19-10-6-3-7-11-19)23(21)18-8-4-2-5-9-18/h2-15,21-22,25-26H,16H2,1H3/t21-,22-,25+,26+/m1/s1. The molecule has 1 saturated carbocycles. The Hall–Kier alpha value is -3.46. The molecular formula is C28H23NO2. The Morgan fingerprint density at radius 3 is 1.55 bits per heavy atom. The van der Waals surface area contributed by atoms with Crippen LogP contribution < -0.4 is 4.90 Å². The van der Waals surface area contributed by atoms with E-state index in [0.29, 0.717) is 5.69 Å². The van der Waals surface area contributed by atoms with E-state index in [4.69, 9.17) is 0 Å². The third-order valence-corrected chi connectivity index (χ3v) is 7.27. The van der Waals surface area contributed by atoms with Gasteiger partial charge >= 0.3 is 0 Å². The van der Waals surface area contributed by atoms with Gasteiger partial charge in [-0.25, -0.2) is 0 Å². The Balaban J connectivity index is 1.49. The molecule has 0 aromatic heterocycles. The molecule has 1 saturated heterocycles. The fourth-order valence-corrected chi connectivity index (χ4v) is 6.04. The van der Waals surface area contributed by atoms with Gasteiger partial charge in [-0.15, -0.1) is 0 Å². The second-order valence-corrected chi connectivity index (χ2v) is 8.91. The normalized spacial score (nSPS) is 26.7. The smallest absolute Gasteiger partial charge is 0.238 e. The predicted molar refractivity (Wildman–Crippen MR) is 122 cm³/mol. The fourth-order valence-electron chi connectivity index (χ4n) is 6.04. The van der Waals surface area contributed by atoms with E-state index < -0.39 is 0 Å². The van der Waals surface area contributed by atoms with Crippen LogP contribution in [-0.4, -0.2) is 11.8 Å². The number of anilines is 1. The van der Waals surface area contributed by atoms with Crippen molar-refractivity contribution in [3.8, 4) is 0 Å². The molecule has 3 aliphatic rings. The summed E-state index contributed by atoms with van der Waals surface area (Å²) in [6, 6.07) is 28.5. The third kappa shape index (κ3) is 2.59. The summed E-state index contributed by atoms with van der Waals surface area (Å²) in [6.45, 7) is 2.01. The number of benzene rings is 3. The summed E-state index contributed by atoms with van der Waals surface area (Å²) in [6.07, 6.45) is 0.878. The van der Waals surface area contributed by atoms with Crippen molar-refractivity contribution in [2.45, 2.75) is 13.3 Å². The van der Waals surface area contributed by atoms with Gasteiger partial charge in [-0.2, -0.15) is 0 Å². The van der Waals surface area contributed by atoms with Crippen molar-refractivity contribution in [2.24, 2.45) is 23.7 Å². The minimum absolute atomic E-state index is 0.0353. The Morgan fingerprint density at radius 1 is 0.645 bits per heavy atom. The first-order valence-electron chi connectivity index (χ1n) is 10.9. The zero-order valence-electron chi connectivity index (χ0n) is 17.4. The van der Waals surface area contributed by atoms with Crippen LogP contribution in [0.3, 0.4) is 0 Å². The summed E-state index contributed by atoms with van der Waals surface area (Å²) in [5.41, 5.74) is 6.65. The number of hydrogen-bond acceptors (Lipinski definition) is 2. The number of rotatable bonds is 3.